The number of benzene rings is 1. The Morgan fingerprint density at radius 1 is 1.19 bits per heavy atom. The van der Waals surface area contributed by atoms with Gasteiger partial charge in [-0.05, 0) is 37.6 Å². The first-order chi connectivity index (χ1) is 10.2. The van der Waals surface area contributed by atoms with Crippen LogP contribution in [0.4, 0.5) is 5.95 Å². The molecule has 1 aromatic carbocycles. The molecule has 108 valence electrons. The largest absolute Gasteiger partial charge is 0.423 e. The van der Waals surface area contributed by atoms with Gasteiger partial charge in [0.2, 0.25) is 11.2 Å². The zero-order chi connectivity index (χ0) is 15.2. The zero-order valence-corrected chi connectivity index (χ0v) is 12.5. The van der Waals surface area contributed by atoms with Crippen LogP contribution in [0.1, 0.15) is 19.4 Å². The molecule has 21 heavy (non-hydrogen) atoms. The van der Waals surface area contributed by atoms with Gasteiger partial charge in [-0.3, -0.25) is 0 Å². The molecule has 0 unspecified atom stereocenters. The predicted molar refractivity (Wildman–Crippen MR) is 79.6 cm³/mol. The van der Waals surface area contributed by atoms with Crippen molar-refractivity contribution in [1.82, 2.24) is 15.0 Å². The number of hydrogen-bond acceptors (Lipinski definition) is 6. The highest BCUT2D eigenvalue weighted by molar-refractivity contribution is 6.28. The topological polar surface area (TPSA) is 74.9 Å². The number of hydrogen-bond donors (Lipinski definition) is 0. The van der Waals surface area contributed by atoms with E-state index in [1.807, 2.05) is 18.7 Å². The van der Waals surface area contributed by atoms with E-state index in [1.165, 1.54) is 0 Å². The van der Waals surface area contributed by atoms with Gasteiger partial charge < -0.3 is 9.64 Å². The molecule has 0 saturated heterocycles. The van der Waals surface area contributed by atoms with E-state index in [0.29, 0.717) is 17.3 Å². The maximum absolute atomic E-state index is 9.05. The van der Waals surface area contributed by atoms with Crippen LogP contribution in [0, 0.1) is 11.3 Å². The Balaban J connectivity index is 2.34. The number of para-hydroxylation sites is 1. The maximum Gasteiger partial charge on any atom is 0.328 e. The molecule has 0 bridgehead atoms. The molecule has 2 aromatic rings. The number of rotatable bonds is 5. The van der Waals surface area contributed by atoms with Crippen molar-refractivity contribution in [3.63, 3.8) is 0 Å². The monoisotopic (exact) mass is 303 g/mol. The predicted octanol–water partition coefficient (Wildman–Crippen LogP) is 3.04. The third-order valence-electron chi connectivity index (χ3n) is 2.83. The normalized spacial score (nSPS) is 10.0. The van der Waals surface area contributed by atoms with Gasteiger partial charge in [-0.2, -0.15) is 20.2 Å². The van der Waals surface area contributed by atoms with Gasteiger partial charge in [0.15, 0.2) is 0 Å². The van der Waals surface area contributed by atoms with Crippen molar-refractivity contribution in [2.45, 2.75) is 13.8 Å². The van der Waals surface area contributed by atoms with Crippen molar-refractivity contribution in [3.8, 4) is 17.8 Å². The summed E-state index contributed by atoms with van der Waals surface area (Å²) in [5.41, 5.74) is 0.401. The lowest BCUT2D eigenvalue weighted by Crippen LogP contribution is -2.24. The number of aromatic nitrogens is 3. The summed E-state index contributed by atoms with van der Waals surface area (Å²) in [5.74, 6) is 0.831. The maximum atomic E-state index is 9.05. The highest BCUT2D eigenvalue weighted by Gasteiger charge is 2.12. The highest BCUT2D eigenvalue weighted by atomic mass is 35.5. The van der Waals surface area contributed by atoms with Crippen LogP contribution in [-0.4, -0.2) is 28.0 Å². The molecule has 0 saturated carbocycles. The Hall–Kier alpha value is -2.39. The number of nitrogens with zero attached hydrogens (tertiary/aromatic N) is 5. The van der Waals surface area contributed by atoms with Crippen LogP contribution in [-0.2, 0) is 0 Å². The third-order valence-corrected chi connectivity index (χ3v) is 3.00. The van der Waals surface area contributed by atoms with E-state index >= 15 is 0 Å². The van der Waals surface area contributed by atoms with Crippen molar-refractivity contribution in [3.05, 3.63) is 35.1 Å². The second-order valence-electron chi connectivity index (χ2n) is 4.07. The molecular formula is C14H14ClN5O. The number of ether oxygens (including phenoxy) is 1. The highest BCUT2D eigenvalue weighted by Crippen LogP contribution is 2.24. The molecule has 1 heterocycles. The third kappa shape index (κ3) is 3.58. The summed E-state index contributed by atoms with van der Waals surface area (Å²) >= 11 is 5.91. The Morgan fingerprint density at radius 2 is 1.90 bits per heavy atom. The lowest BCUT2D eigenvalue weighted by molar-refractivity contribution is 0.438. The van der Waals surface area contributed by atoms with E-state index in [4.69, 9.17) is 21.6 Å². The molecule has 0 radical (unpaired) electrons. The zero-order valence-electron chi connectivity index (χ0n) is 11.7. The molecule has 0 fully saturated rings. The fourth-order valence-electron chi connectivity index (χ4n) is 1.76. The van der Waals surface area contributed by atoms with Gasteiger partial charge in [-0.1, -0.05) is 12.1 Å². The second kappa shape index (κ2) is 6.86. The first-order valence-electron chi connectivity index (χ1n) is 6.51. The molecule has 0 amide bonds. The number of halogens is 1. The van der Waals surface area contributed by atoms with Gasteiger partial charge >= 0.3 is 6.01 Å². The summed E-state index contributed by atoms with van der Waals surface area (Å²) in [5, 5.41) is 9.10. The SMILES string of the molecule is CCN(CC)c1nc(Cl)nc(Oc2ccccc2C#N)n1. The van der Waals surface area contributed by atoms with Crippen LogP contribution in [0.2, 0.25) is 5.28 Å². The van der Waals surface area contributed by atoms with Crippen molar-refractivity contribution < 1.29 is 4.74 Å². The molecule has 0 aliphatic rings. The molecule has 0 N–H and O–H groups in total. The fourth-order valence-corrected chi connectivity index (χ4v) is 1.91. The molecule has 6 nitrogen and oxygen atoms in total. The lowest BCUT2D eigenvalue weighted by Gasteiger charge is -2.18. The molecular weight excluding hydrogens is 290 g/mol. The summed E-state index contributed by atoms with van der Waals surface area (Å²) < 4.78 is 5.57. The van der Waals surface area contributed by atoms with Gasteiger partial charge in [0.1, 0.15) is 11.8 Å². The quantitative estimate of drug-likeness (QED) is 0.845. The van der Waals surface area contributed by atoms with E-state index in [2.05, 4.69) is 21.0 Å². The van der Waals surface area contributed by atoms with Gasteiger partial charge in [0.25, 0.3) is 0 Å². The average molecular weight is 304 g/mol. The minimum absolute atomic E-state index is 0.0522. The van der Waals surface area contributed by atoms with Crippen LogP contribution in [0.25, 0.3) is 0 Å². The Morgan fingerprint density at radius 3 is 2.57 bits per heavy atom. The van der Waals surface area contributed by atoms with E-state index < -0.39 is 0 Å². The molecule has 0 aliphatic carbocycles. The molecule has 0 atom stereocenters. The fraction of sp³-hybridized carbons (Fsp3) is 0.286. The number of nitriles is 1. The lowest BCUT2D eigenvalue weighted by atomic mass is 10.2. The van der Waals surface area contributed by atoms with Gasteiger partial charge in [0.05, 0.1) is 5.56 Å². The van der Waals surface area contributed by atoms with Crippen LogP contribution < -0.4 is 9.64 Å². The summed E-state index contributed by atoms with van der Waals surface area (Å²) in [6, 6.07) is 8.97. The number of anilines is 1. The van der Waals surface area contributed by atoms with Crippen LogP contribution in [0.5, 0.6) is 11.8 Å². The Bertz CT molecular complexity index is 667. The summed E-state index contributed by atoms with van der Waals surface area (Å²) in [7, 11) is 0. The molecule has 1 aromatic heterocycles. The molecule has 0 aliphatic heterocycles. The summed E-state index contributed by atoms with van der Waals surface area (Å²) in [6.07, 6.45) is 0. The van der Waals surface area contributed by atoms with E-state index in [9.17, 15) is 0 Å². The molecule has 7 heteroatoms. The minimum Gasteiger partial charge on any atom is -0.423 e. The van der Waals surface area contributed by atoms with Gasteiger partial charge in [0, 0.05) is 13.1 Å². The first kappa shape index (κ1) is 15.0. The molecule has 2 rings (SSSR count). The minimum atomic E-state index is 0.0522. The van der Waals surface area contributed by atoms with Crippen LogP contribution in [0.15, 0.2) is 24.3 Å². The van der Waals surface area contributed by atoms with Gasteiger partial charge in [-0.25, -0.2) is 0 Å². The van der Waals surface area contributed by atoms with Crippen molar-refractivity contribution in [2.24, 2.45) is 0 Å². The standard InChI is InChI=1S/C14H14ClN5O/c1-3-20(4-2)13-17-12(15)18-14(19-13)21-11-8-6-5-7-10(11)9-16/h5-8H,3-4H2,1-2H3. The van der Waals surface area contributed by atoms with Crippen molar-refractivity contribution in [1.29, 1.82) is 5.26 Å². The Labute approximate surface area is 128 Å². The van der Waals surface area contributed by atoms with Crippen LogP contribution in [0.3, 0.4) is 0 Å². The average Bonchev–Trinajstić information content (AvgIpc) is 2.48. The smallest absolute Gasteiger partial charge is 0.328 e. The summed E-state index contributed by atoms with van der Waals surface area (Å²) in [6.45, 7) is 5.47. The Kier molecular flexibility index (Phi) is 4.90. The summed E-state index contributed by atoms with van der Waals surface area (Å²) in [4.78, 5) is 14.2. The van der Waals surface area contributed by atoms with E-state index in [0.717, 1.165) is 13.1 Å². The molecule has 0 spiro atoms. The second-order valence-corrected chi connectivity index (χ2v) is 4.41. The van der Waals surface area contributed by atoms with E-state index in [-0.39, 0.29) is 11.3 Å². The first-order valence-corrected chi connectivity index (χ1v) is 6.89. The van der Waals surface area contributed by atoms with Crippen LogP contribution >= 0.6 is 11.6 Å². The van der Waals surface area contributed by atoms with E-state index in [1.54, 1.807) is 24.3 Å². The van der Waals surface area contributed by atoms with Gasteiger partial charge in [-0.15, -0.1) is 0 Å². The van der Waals surface area contributed by atoms with Crippen molar-refractivity contribution >= 4 is 17.5 Å². The van der Waals surface area contributed by atoms with Crippen molar-refractivity contribution in [2.75, 3.05) is 18.0 Å².